The molecule has 0 saturated carbocycles. The minimum atomic E-state index is -3.79. The van der Waals surface area contributed by atoms with Gasteiger partial charge in [0.1, 0.15) is 0 Å². The number of carbonyl (C=O) groups excluding carboxylic acids is 3. The summed E-state index contributed by atoms with van der Waals surface area (Å²) in [5, 5.41) is 4.05. The van der Waals surface area contributed by atoms with Crippen LogP contribution in [0.1, 0.15) is 24.2 Å². The number of nitrogens with one attached hydrogen (secondary N) is 2. The molecule has 9 nitrogen and oxygen atoms in total. The Kier molecular flexibility index (Phi) is 8.00. The van der Waals surface area contributed by atoms with Crippen LogP contribution in [-0.4, -0.2) is 57.4 Å². The molecule has 0 heterocycles. The summed E-state index contributed by atoms with van der Waals surface area (Å²) in [6.07, 6.45) is 0. The first-order valence-electron chi connectivity index (χ1n) is 7.65. The van der Waals surface area contributed by atoms with Crippen LogP contribution in [0.5, 0.6) is 0 Å². The summed E-state index contributed by atoms with van der Waals surface area (Å²) < 4.78 is 31.0. The van der Waals surface area contributed by atoms with Crippen molar-refractivity contribution in [1.82, 2.24) is 14.9 Å². The number of amides is 3. The van der Waals surface area contributed by atoms with Crippen LogP contribution in [-0.2, 0) is 19.6 Å². The summed E-state index contributed by atoms with van der Waals surface area (Å²) >= 11 is 5.94. The minimum absolute atomic E-state index is 0.0276. The number of nitrogens with zero attached hydrogens (tertiary/aromatic N) is 1. The van der Waals surface area contributed by atoms with E-state index in [9.17, 15) is 22.8 Å². The second-order valence-electron chi connectivity index (χ2n) is 4.93. The molecule has 0 aromatic heterocycles. The van der Waals surface area contributed by atoms with E-state index in [1.54, 1.807) is 13.8 Å². The lowest BCUT2D eigenvalue weighted by Crippen LogP contribution is -2.39. The van der Waals surface area contributed by atoms with E-state index >= 15 is 0 Å². The number of hydrogen-bond donors (Lipinski definition) is 2. The van der Waals surface area contributed by atoms with Gasteiger partial charge in [-0.1, -0.05) is 25.4 Å². The molecule has 1 rings (SSSR count). The molecule has 26 heavy (non-hydrogen) atoms. The third kappa shape index (κ3) is 5.41. The van der Waals surface area contributed by atoms with Crippen molar-refractivity contribution in [2.75, 3.05) is 26.7 Å². The van der Waals surface area contributed by atoms with Crippen molar-refractivity contribution in [3.63, 3.8) is 0 Å². The number of sulfonamides is 1. The molecular formula is C15H20ClN3O6S. The van der Waals surface area contributed by atoms with Crippen LogP contribution in [0.2, 0.25) is 5.02 Å². The van der Waals surface area contributed by atoms with Gasteiger partial charge >= 0.3 is 12.0 Å². The Balaban J connectivity index is 2.98. The number of carbonyl (C=O) groups is 3. The third-order valence-corrected chi connectivity index (χ3v) is 5.69. The highest BCUT2D eigenvalue weighted by Crippen LogP contribution is 2.23. The largest absolute Gasteiger partial charge is 0.452 e. The molecule has 0 aliphatic carbocycles. The summed E-state index contributed by atoms with van der Waals surface area (Å²) in [7, 11) is -2.47. The lowest BCUT2D eigenvalue weighted by molar-refractivity contribution is -0.123. The Labute approximate surface area is 156 Å². The normalized spacial score (nSPS) is 11.1. The first kappa shape index (κ1) is 21.9. The second kappa shape index (κ2) is 9.51. The van der Waals surface area contributed by atoms with E-state index in [2.05, 4.69) is 5.32 Å². The number of halogens is 1. The highest BCUT2D eigenvalue weighted by molar-refractivity contribution is 7.89. The number of hydrogen-bond acceptors (Lipinski definition) is 6. The molecule has 1 aromatic rings. The minimum Gasteiger partial charge on any atom is -0.452 e. The zero-order valence-corrected chi connectivity index (χ0v) is 16.1. The van der Waals surface area contributed by atoms with Crippen molar-refractivity contribution in [3.8, 4) is 0 Å². The summed E-state index contributed by atoms with van der Waals surface area (Å²) in [5.41, 5.74) is -0.201. The zero-order valence-electron chi connectivity index (χ0n) is 14.5. The zero-order chi connectivity index (χ0) is 19.9. The lowest BCUT2D eigenvalue weighted by Gasteiger charge is -2.19. The van der Waals surface area contributed by atoms with Crippen LogP contribution in [0.3, 0.4) is 0 Å². The third-order valence-electron chi connectivity index (χ3n) is 3.32. The van der Waals surface area contributed by atoms with Gasteiger partial charge < -0.3 is 10.1 Å². The number of rotatable bonds is 7. The van der Waals surface area contributed by atoms with Gasteiger partial charge in [-0.25, -0.2) is 18.0 Å². The van der Waals surface area contributed by atoms with Crippen molar-refractivity contribution in [2.24, 2.45) is 0 Å². The molecule has 0 spiro atoms. The van der Waals surface area contributed by atoms with Crippen molar-refractivity contribution >= 4 is 39.5 Å². The fourth-order valence-corrected chi connectivity index (χ4v) is 3.65. The lowest BCUT2D eigenvalue weighted by atomic mass is 10.2. The maximum atomic E-state index is 12.5. The molecule has 0 unspecified atom stereocenters. The predicted octanol–water partition coefficient (Wildman–Crippen LogP) is 0.983. The molecule has 11 heteroatoms. The Morgan fingerprint density at radius 3 is 2.35 bits per heavy atom. The van der Waals surface area contributed by atoms with Gasteiger partial charge in [0.15, 0.2) is 6.61 Å². The Hall–Kier alpha value is -2.17. The molecule has 144 valence electrons. The van der Waals surface area contributed by atoms with Gasteiger partial charge in [0.2, 0.25) is 10.0 Å². The van der Waals surface area contributed by atoms with Crippen molar-refractivity contribution in [3.05, 3.63) is 28.8 Å². The number of urea groups is 1. The molecule has 3 amide bonds. The molecule has 0 aliphatic heterocycles. The SMILES string of the molecule is CCN(CC)S(=O)(=O)c1ccc(Cl)c(C(=O)OCC(=O)NC(=O)NC)c1. The molecule has 2 N–H and O–H groups in total. The molecule has 0 saturated heterocycles. The Morgan fingerprint density at radius 1 is 1.19 bits per heavy atom. The highest BCUT2D eigenvalue weighted by atomic mass is 35.5. The van der Waals surface area contributed by atoms with Gasteiger partial charge in [0.25, 0.3) is 5.91 Å². The molecule has 0 aliphatic rings. The van der Waals surface area contributed by atoms with E-state index in [4.69, 9.17) is 16.3 Å². The fraction of sp³-hybridized carbons (Fsp3) is 0.400. The monoisotopic (exact) mass is 405 g/mol. The average Bonchev–Trinajstić information content (AvgIpc) is 2.60. The molecule has 0 radical (unpaired) electrons. The van der Waals surface area contributed by atoms with Crippen LogP contribution in [0, 0.1) is 0 Å². The van der Waals surface area contributed by atoms with Gasteiger partial charge in [0.05, 0.1) is 15.5 Å². The molecule has 0 fully saturated rings. The Morgan fingerprint density at radius 2 is 1.81 bits per heavy atom. The van der Waals surface area contributed by atoms with Crippen molar-refractivity contribution in [2.45, 2.75) is 18.7 Å². The first-order chi connectivity index (χ1) is 12.2. The molecular weight excluding hydrogens is 386 g/mol. The second-order valence-corrected chi connectivity index (χ2v) is 7.28. The van der Waals surface area contributed by atoms with Gasteiger partial charge in [-0.3, -0.25) is 10.1 Å². The summed E-state index contributed by atoms with van der Waals surface area (Å²) in [6.45, 7) is 3.19. The van der Waals surface area contributed by atoms with Gasteiger partial charge in [0, 0.05) is 20.1 Å². The van der Waals surface area contributed by atoms with Crippen LogP contribution < -0.4 is 10.6 Å². The van der Waals surface area contributed by atoms with Gasteiger partial charge in [-0.15, -0.1) is 0 Å². The number of esters is 1. The van der Waals surface area contributed by atoms with Crippen LogP contribution in [0.4, 0.5) is 4.79 Å². The van der Waals surface area contributed by atoms with E-state index in [0.29, 0.717) is 0 Å². The van der Waals surface area contributed by atoms with Crippen LogP contribution >= 0.6 is 11.6 Å². The summed E-state index contributed by atoms with van der Waals surface area (Å²) in [4.78, 5) is 34.4. The maximum absolute atomic E-state index is 12.5. The fourth-order valence-electron chi connectivity index (χ4n) is 1.97. The quantitative estimate of drug-likeness (QED) is 0.652. The summed E-state index contributed by atoms with van der Waals surface area (Å²) in [5.74, 6) is -1.83. The van der Waals surface area contributed by atoms with Crippen molar-refractivity contribution in [1.29, 1.82) is 0 Å². The topological polar surface area (TPSA) is 122 Å². The van der Waals surface area contributed by atoms with E-state index in [1.165, 1.54) is 23.5 Å². The molecule has 1 aromatic carbocycles. The average molecular weight is 406 g/mol. The van der Waals surface area contributed by atoms with E-state index < -0.39 is 34.5 Å². The number of imide groups is 1. The maximum Gasteiger partial charge on any atom is 0.340 e. The molecule has 0 atom stereocenters. The first-order valence-corrected chi connectivity index (χ1v) is 9.47. The van der Waals surface area contributed by atoms with Crippen LogP contribution in [0.25, 0.3) is 0 Å². The predicted molar refractivity (Wildman–Crippen MR) is 94.4 cm³/mol. The van der Waals surface area contributed by atoms with E-state index in [1.807, 2.05) is 5.32 Å². The van der Waals surface area contributed by atoms with E-state index in [-0.39, 0.29) is 28.6 Å². The number of benzene rings is 1. The van der Waals surface area contributed by atoms with E-state index in [0.717, 1.165) is 6.07 Å². The highest BCUT2D eigenvalue weighted by Gasteiger charge is 2.24. The smallest absolute Gasteiger partial charge is 0.340 e. The van der Waals surface area contributed by atoms with Gasteiger partial charge in [-0.2, -0.15) is 4.31 Å². The standard InChI is InChI=1S/C15H20ClN3O6S/c1-4-19(5-2)26(23,24)10-6-7-12(16)11(8-10)14(21)25-9-13(20)18-15(22)17-3/h6-8H,4-5,9H2,1-3H3,(H2,17,18,20,22). The van der Waals surface area contributed by atoms with Crippen molar-refractivity contribution < 1.29 is 27.5 Å². The molecule has 0 bridgehead atoms. The Bertz CT molecular complexity index is 793. The van der Waals surface area contributed by atoms with Crippen LogP contribution in [0.15, 0.2) is 23.1 Å². The van der Waals surface area contributed by atoms with Gasteiger partial charge in [-0.05, 0) is 18.2 Å². The number of ether oxygens (including phenoxy) is 1. The summed E-state index contributed by atoms with van der Waals surface area (Å²) in [6, 6.07) is 2.88.